The van der Waals surface area contributed by atoms with Crippen LogP contribution in [0.3, 0.4) is 0 Å². The maximum absolute atomic E-state index is 14.6. The number of hydrogen-bond acceptors (Lipinski definition) is 3. The molecule has 0 saturated carbocycles. The van der Waals surface area contributed by atoms with Crippen molar-refractivity contribution in [1.29, 1.82) is 0 Å². The zero-order valence-corrected chi connectivity index (χ0v) is 34.1. The average Bonchev–Trinajstić information content (AvgIpc) is 2.35. The van der Waals surface area contributed by atoms with E-state index in [0.29, 0.717) is 0 Å². The Morgan fingerprint density at radius 1 is 0.353 bits per heavy atom. The Kier molecular flexibility index (Phi) is 11.4. The third kappa shape index (κ3) is 9.11. The first kappa shape index (κ1) is 35.0. The monoisotopic (exact) mass is 716 g/mol. The molecule has 34 heavy (non-hydrogen) atoms. The molecule has 0 fully saturated rings. The normalized spacial score (nSPS) is 14.2. The second kappa shape index (κ2) is 11.0. The fraction of sp³-hybridized carbons (Fsp3) is 0.857. The fourth-order valence-electron chi connectivity index (χ4n) is 5.16. The summed E-state index contributed by atoms with van der Waals surface area (Å²) >= 11 is -4.00. The molecule has 0 saturated heterocycles. The molecule has 0 bridgehead atoms. The number of carbonyl (C=O) groups excluding carboxylic acids is 3. The van der Waals surface area contributed by atoms with Crippen molar-refractivity contribution in [2.45, 2.75) is 118 Å². The molecule has 0 aromatic rings. The Bertz CT molecular complexity index is 638. The molecule has 0 heterocycles. The van der Waals surface area contributed by atoms with Crippen LogP contribution in [0.1, 0.15) is 0 Å². The summed E-state index contributed by atoms with van der Waals surface area (Å²) in [4.78, 5) is 43.8. The van der Waals surface area contributed by atoms with Crippen molar-refractivity contribution in [2.75, 3.05) is 0 Å². The Morgan fingerprint density at radius 3 is 0.559 bits per heavy atom. The summed E-state index contributed by atoms with van der Waals surface area (Å²) in [5.74, 6) is 0. The Balaban J connectivity index is 7.33. The van der Waals surface area contributed by atoms with E-state index in [1.54, 1.807) is 0 Å². The molecule has 0 unspecified atom stereocenters. The van der Waals surface area contributed by atoms with Crippen LogP contribution in [0.5, 0.6) is 0 Å². The van der Waals surface area contributed by atoms with E-state index in [9.17, 15) is 14.4 Å². The quantitative estimate of drug-likeness (QED) is 0.229. The first-order valence-corrected chi connectivity index (χ1v) is 36.8. The van der Waals surface area contributed by atoms with E-state index >= 15 is 0 Å². The topological polar surface area (TPSA) is 60.9 Å². The van der Waals surface area contributed by atoms with E-state index < -0.39 is 83.7 Å². The van der Waals surface area contributed by atoms with Crippen molar-refractivity contribution in [2.24, 2.45) is 0 Å². The van der Waals surface area contributed by atoms with Crippen LogP contribution in [-0.4, -0.2) is 67.0 Å². The van der Waals surface area contributed by atoms with Crippen molar-refractivity contribution < 1.29 is 48.6 Å². The Morgan fingerprint density at radius 2 is 0.471 bits per heavy atom. The van der Waals surface area contributed by atoms with Crippen molar-refractivity contribution in [1.82, 2.24) is 12.7 Å². The van der Waals surface area contributed by atoms with Crippen molar-refractivity contribution in [3.05, 3.63) is 0 Å². The summed E-state index contributed by atoms with van der Waals surface area (Å²) in [7, 11) is -12.6. The van der Waals surface area contributed by atoms with Gasteiger partial charge in [-0.15, -0.1) is 0 Å². The number of nitrogens with zero attached hydrogens (tertiary/aromatic N) is 3. The van der Waals surface area contributed by atoms with E-state index in [2.05, 4.69) is 131 Å². The van der Waals surface area contributed by atoms with Crippen LogP contribution in [0.4, 0.5) is 14.4 Å². The van der Waals surface area contributed by atoms with Gasteiger partial charge in [0, 0.05) is 0 Å². The Labute approximate surface area is 231 Å². The molecular weight excluding hydrogens is 661 g/mol. The van der Waals surface area contributed by atoms with E-state index in [-0.39, 0.29) is 4.87 Å². The minimum atomic E-state index is -4.00. The molecule has 6 nitrogen and oxygen atoms in total. The Hall–Kier alpha value is 1.05. The molecule has 0 aliphatic heterocycles. The van der Waals surface area contributed by atoms with Gasteiger partial charge in [0.15, 0.2) is 0 Å². The fourth-order valence-corrected chi connectivity index (χ4v) is 55.7. The molecule has 0 aliphatic carbocycles. The van der Waals surface area contributed by atoms with Crippen LogP contribution < -0.4 is 0 Å². The standard InChI is InChI=1S/3C7H18NOSi2.Sm/c3*1-10(2,3)8(7-9)11(4,5)6;/h3*1-6H3;. The maximum atomic E-state index is 14.6. The second-order valence-electron chi connectivity index (χ2n) is 15.1. The predicted octanol–water partition coefficient (Wildman–Crippen LogP) is 7.88. The predicted molar refractivity (Wildman–Crippen MR) is 162 cm³/mol. The van der Waals surface area contributed by atoms with Gasteiger partial charge in [0.05, 0.1) is 0 Å². The van der Waals surface area contributed by atoms with Gasteiger partial charge in [-0.25, -0.2) is 0 Å². The molecule has 13 heteroatoms. The molecule has 3 amide bonds. The zero-order valence-electron chi connectivity index (χ0n) is 25.5. The third-order valence-corrected chi connectivity index (χ3v) is 34.9. The van der Waals surface area contributed by atoms with Gasteiger partial charge >= 0.3 is 233 Å². The summed E-state index contributed by atoms with van der Waals surface area (Å²) < 4.78 is 6.25. The van der Waals surface area contributed by atoms with Gasteiger partial charge in [-0.2, -0.15) is 0 Å². The number of hydrogen-bond donors (Lipinski definition) is 0. The molecule has 0 aliphatic rings. The van der Waals surface area contributed by atoms with Gasteiger partial charge in [-0.1, -0.05) is 0 Å². The van der Waals surface area contributed by atoms with Crippen LogP contribution in [0.2, 0.25) is 118 Å². The van der Waals surface area contributed by atoms with Crippen molar-refractivity contribution in [3.8, 4) is 0 Å². The van der Waals surface area contributed by atoms with Gasteiger partial charge in [0.2, 0.25) is 0 Å². The second-order valence-corrected chi connectivity index (χ2v) is 50.5. The van der Waals surface area contributed by atoms with Crippen LogP contribution in [0.25, 0.3) is 0 Å². The number of carbonyl (C=O) groups is 3. The van der Waals surface area contributed by atoms with Gasteiger partial charge in [0.25, 0.3) is 0 Å². The summed E-state index contributed by atoms with van der Waals surface area (Å²) in [6.45, 7) is 39.3. The van der Waals surface area contributed by atoms with Crippen LogP contribution in [-0.2, 0) is 0 Å². The molecule has 0 rings (SSSR count). The van der Waals surface area contributed by atoms with Gasteiger partial charge in [-0.3, -0.25) is 0 Å². The molecule has 0 radical (unpaired) electrons. The summed E-state index contributed by atoms with van der Waals surface area (Å²) in [6.07, 6.45) is 0. The molecule has 0 aromatic carbocycles. The molecular formula is C21H54N3O3Si6Sm. The summed E-state index contributed by atoms with van der Waals surface area (Å²) in [6, 6.07) is 0. The molecule has 0 atom stereocenters. The summed E-state index contributed by atoms with van der Waals surface area (Å²) in [5, 5.41) is 0. The number of amides is 3. The first-order chi connectivity index (χ1) is 14.5. The number of rotatable bonds is 9. The molecule has 201 valence electrons. The minimum absolute atomic E-state index is 0.0451. The van der Waals surface area contributed by atoms with Crippen LogP contribution in [0.15, 0.2) is 0 Å². The van der Waals surface area contributed by atoms with Crippen LogP contribution >= 0.6 is 0 Å². The molecule has 0 spiro atoms. The van der Waals surface area contributed by atoms with E-state index in [1.807, 2.05) is 0 Å². The zero-order chi connectivity index (χ0) is 28.0. The van der Waals surface area contributed by atoms with Gasteiger partial charge in [-0.05, 0) is 0 Å². The van der Waals surface area contributed by atoms with E-state index in [1.165, 1.54) is 0 Å². The SMILES string of the molecule is C[Si](C)(C)N([C](=O)[Sm]([C](=O)N([Si](C)(C)C)[Si](C)(C)C)[C](=O)N([Si](C)(C)C)[Si](C)(C)C)[Si](C)(C)C. The van der Waals surface area contributed by atoms with Crippen molar-refractivity contribution >= 4 is 54.3 Å². The van der Waals surface area contributed by atoms with Gasteiger partial charge < -0.3 is 0 Å². The van der Waals surface area contributed by atoms with Gasteiger partial charge in [0.1, 0.15) is 0 Å². The van der Waals surface area contributed by atoms with Crippen molar-refractivity contribution in [3.63, 3.8) is 0 Å². The molecule has 0 aromatic heterocycles. The van der Waals surface area contributed by atoms with E-state index in [4.69, 9.17) is 0 Å². The summed E-state index contributed by atoms with van der Waals surface area (Å²) in [5.41, 5.74) is 0. The van der Waals surface area contributed by atoms with E-state index in [0.717, 1.165) is 0 Å². The van der Waals surface area contributed by atoms with Crippen LogP contribution in [0, 0.1) is 34.2 Å². The average molecular weight is 716 g/mol. The first-order valence-electron chi connectivity index (χ1n) is 12.2. The third-order valence-electron chi connectivity index (χ3n) is 5.10. The molecule has 0 N–H and O–H groups in total.